The van der Waals surface area contributed by atoms with Gasteiger partial charge >= 0.3 is 5.97 Å². The zero-order valence-corrected chi connectivity index (χ0v) is 16.3. The minimum Gasteiger partial charge on any atom is -0.467 e. The molecule has 1 aliphatic rings. The lowest BCUT2D eigenvalue weighted by molar-refractivity contribution is -0.385. The lowest BCUT2D eigenvalue weighted by Gasteiger charge is -2.20. The van der Waals surface area contributed by atoms with Crippen LogP contribution >= 0.6 is 0 Å². The van der Waals surface area contributed by atoms with E-state index in [4.69, 9.17) is 18.6 Å². The number of nitro groups is 1. The second-order valence-corrected chi connectivity index (χ2v) is 7.22. The maximum absolute atomic E-state index is 12.6. The molecule has 2 heterocycles. The molecular weight excluding hydrogens is 402 g/mol. The Balaban J connectivity index is 1.38. The van der Waals surface area contributed by atoms with Crippen molar-refractivity contribution < 1.29 is 28.3 Å². The number of furan rings is 1. The summed E-state index contributed by atoms with van der Waals surface area (Å²) in [6, 6.07) is 14.5. The van der Waals surface area contributed by atoms with Gasteiger partial charge in [-0.25, -0.2) is 0 Å². The highest BCUT2D eigenvalue weighted by Gasteiger charge is 2.22. The van der Waals surface area contributed by atoms with Gasteiger partial charge in [-0.1, -0.05) is 30.3 Å². The number of ether oxygens (including phenoxy) is 3. The summed E-state index contributed by atoms with van der Waals surface area (Å²) in [6.07, 6.45) is 1.58. The minimum absolute atomic E-state index is 0.0160. The second-order valence-electron chi connectivity index (χ2n) is 7.22. The quantitative estimate of drug-likeness (QED) is 0.264. The fraction of sp³-hybridized carbons (Fsp3) is 0.174. The number of carbonyl (C=O) groups excluding carboxylic acids is 1. The first kappa shape index (κ1) is 19.1. The molecule has 0 N–H and O–H groups in total. The van der Waals surface area contributed by atoms with Gasteiger partial charge < -0.3 is 18.6 Å². The average Bonchev–Trinajstić information content (AvgIpc) is 3.20. The van der Waals surface area contributed by atoms with Crippen LogP contribution in [0.5, 0.6) is 5.75 Å². The van der Waals surface area contributed by atoms with E-state index in [1.807, 2.05) is 36.4 Å². The maximum atomic E-state index is 12.6. The molecule has 31 heavy (non-hydrogen) atoms. The Kier molecular flexibility index (Phi) is 4.76. The molecule has 1 aliphatic heterocycles. The number of hydrogen-bond donors (Lipinski definition) is 0. The van der Waals surface area contributed by atoms with Gasteiger partial charge in [-0.05, 0) is 16.8 Å². The smallest absolute Gasteiger partial charge is 0.310 e. The minimum atomic E-state index is -0.497. The Hall–Kier alpha value is -3.91. The highest BCUT2D eigenvalue weighted by atomic mass is 16.7. The van der Waals surface area contributed by atoms with Crippen molar-refractivity contribution in [3.63, 3.8) is 0 Å². The monoisotopic (exact) mass is 419 g/mol. The number of non-ortho nitro benzene ring substituents is 1. The summed E-state index contributed by atoms with van der Waals surface area (Å²) in [5, 5.41) is 14.2. The molecule has 0 fully saturated rings. The summed E-state index contributed by atoms with van der Waals surface area (Å²) in [7, 11) is 0. The van der Waals surface area contributed by atoms with Crippen LogP contribution in [0.1, 0.15) is 16.7 Å². The van der Waals surface area contributed by atoms with Crippen LogP contribution in [0.2, 0.25) is 0 Å². The number of benzene rings is 3. The molecule has 1 aromatic heterocycles. The molecule has 0 aliphatic carbocycles. The molecule has 8 nitrogen and oxygen atoms in total. The van der Waals surface area contributed by atoms with E-state index >= 15 is 0 Å². The van der Waals surface area contributed by atoms with Crippen LogP contribution < -0.4 is 4.74 Å². The van der Waals surface area contributed by atoms with Crippen LogP contribution in [0.4, 0.5) is 5.69 Å². The molecule has 0 atom stereocenters. The van der Waals surface area contributed by atoms with Gasteiger partial charge in [0.2, 0.25) is 0 Å². The first-order valence-corrected chi connectivity index (χ1v) is 9.64. The molecule has 0 bridgehead atoms. The van der Waals surface area contributed by atoms with Gasteiger partial charge in [0, 0.05) is 34.2 Å². The highest BCUT2D eigenvalue weighted by molar-refractivity contribution is 6.08. The molecule has 0 saturated carbocycles. The summed E-state index contributed by atoms with van der Waals surface area (Å²) in [4.78, 5) is 23.3. The van der Waals surface area contributed by atoms with E-state index in [9.17, 15) is 14.9 Å². The van der Waals surface area contributed by atoms with Crippen LogP contribution in [-0.2, 0) is 33.9 Å². The third kappa shape index (κ3) is 3.57. The standard InChI is InChI=1S/C23H17NO7/c25-21(9-15-11-29-20-6-5-14-3-1-2-4-19(14)22(15)20)30-12-17-8-18(24(26)27)7-16-10-28-13-31-23(16)17/h1-8,11H,9-10,12-13H2. The van der Waals surface area contributed by atoms with Crippen molar-refractivity contribution in [2.24, 2.45) is 0 Å². The Morgan fingerprint density at radius 1 is 1.13 bits per heavy atom. The van der Waals surface area contributed by atoms with E-state index < -0.39 is 10.9 Å². The number of nitro benzene ring substituents is 1. The summed E-state index contributed by atoms with van der Waals surface area (Å²) in [5.41, 5.74) is 2.30. The number of esters is 1. The highest BCUT2D eigenvalue weighted by Crippen LogP contribution is 2.34. The molecule has 0 saturated heterocycles. The predicted octanol–water partition coefficient (Wildman–Crippen LogP) is 4.65. The van der Waals surface area contributed by atoms with Crippen molar-refractivity contribution in [1.29, 1.82) is 0 Å². The fourth-order valence-corrected chi connectivity index (χ4v) is 3.86. The van der Waals surface area contributed by atoms with E-state index in [0.717, 1.165) is 21.7 Å². The third-order valence-electron chi connectivity index (χ3n) is 5.25. The lowest BCUT2D eigenvalue weighted by Crippen LogP contribution is -2.15. The number of nitrogens with zero attached hydrogens (tertiary/aromatic N) is 1. The zero-order valence-electron chi connectivity index (χ0n) is 16.3. The Bertz CT molecular complexity index is 1320. The summed E-state index contributed by atoms with van der Waals surface area (Å²) in [6.45, 7) is 0.102. The molecular formula is C23H17NO7. The lowest BCUT2D eigenvalue weighted by atomic mass is 10.0. The Labute approximate surface area is 176 Å². The second kappa shape index (κ2) is 7.73. The van der Waals surface area contributed by atoms with Gasteiger partial charge in [-0.3, -0.25) is 14.9 Å². The van der Waals surface area contributed by atoms with Gasteiger partial charge in [-0.15, -0.1) is 0 Å². The normalized spacial score (nSPS) is 13.0. The first-order valence-electron chi connectivity index (χ1n) is 9.64. The van der Waals surface area contributed by atoms with Crippen molar-refractivity contribution >= 4 is 33.4 Å². The van der Waals surface area contributed by atoms with Crippen LogP contribution in [0.25, 0.3) is 21.7 Å². The van der Waals surface area contributed by atoms with Gasteiger partial charge in [-0.2, -0.15) is 0 Å². The van der Waals surface area contributed by atoms with Gasteiger partial charge in [0.15, 0.2) is 6.79 Å². The molecule has 3 aromatic carbocycles. The number of hydrogen-bond acceptors (Lipinski definition) is 7. The van der Waals surface area contributed by atoms with E-state index in [2.05, 4.69) is 0 Å². The van der Waals surface area contributed by atoms with E-state index in [0.29, 0.717) is 22.5 Å². The van der Waals surface area contributed by atoms with Crippen molar-refractivity contribution in [3.8, 4) is 5.75 Å². The van der Waals surface area contributed by atoms with Crippen LogP contribution in [0.3, 0.4) is 0 Å². The molecule has 0 spiro atoms. The van der Waals surface area contributed by atoms with Gasteiger partial charge in [0.05, 0.1) is 24.2 Å². The largest absolute Gasteiger partial charge is 0.467 e. The topological polar surface area (TPSA) is 101 Å². The van der Waals surface area contributed by atoms with Crippen LogP contribution in [0, 0.1) is 10.1 Å². The molecule has 0 unspecified atom stereocenters. The maximum Gasteiger partial charge on any atom is 0.310 e. The first-order chi connectivity index (χ1) is 15.1. The molecule has 8 heteroatoms. The summed E-state index contributed by atoms with van der Waals surface area (Å²) >= 11 is 0. The summed E-state index contributed by atoms with van der Waals surface area (Å²) in [5.74, 6) is -0.00708. The SMILES string of the molecule is O=C(Cc1coc2ccc3ccccc3c12)OCc1cc([N+](=O)[O-])cc2c1OCOC2. The molecule has 156 valence electrons. The molecule has 0 amide bonds. The van der Waals surface area contributed by atoms with Gasteiger partial charge in [0.1, 0.15) is 17.9 Å². The number of fused-ring (bicyclic) bond motifs is 4. The Morgan fingerprint density at radius 3 is 2.87 bits per heavy atom. The molecule has 0 radical (unpaired) electrons. The average molecular weight is 419 g/mol. The van der Waals surface area contributed by atoms with Gasteiger partial charge in [0.25, 0.3) is 5.69 Å². The van der Waals surface area contributed by atoms with E-state index in [-0.39, 0.29) is 32.1 Å². The van der Waals surface area contributed by atoms with Crippen molar-refractivity contribution in [3.05, 3.63) is 81.6 Å². The van der Waals surface area contributed by atoms with Crippen LogP contribution in [0.15, 0.2) is 59.2 Å². The number of rotatable bonds is 5. The predicted molar refractivity (Wildman–Crippen MR) is 111 cm³/mol. The van der Waals surface area contributed by atoms with Crippen LogP contribution in [-0.4, -0.2) is 17.7 Å². The van der Waals surface area contributed by atoms with E-state index in [1.165, 1.54) is 12.1 Å². The third-order valence-corrected chi connectivity index (χ3v) is 5.25. The van der Waals surface area contributed by atoms with Crippen molar-refractivity contribution in [1.82, 2.24) is 0 Å². The zero-order chi connectivity index (χ0) is 21.4. The Morgan fingerprint density at radius 2 is 2.00 bits per heavy atom. The van der Waals surface area contributed by atoms with Crippen molar-refractivity contribution in [2.45, 2.75) is 19.6 Å². The van der Waals surface area contributed by atoms with E-state index in [1.54, 1.807) is 6.26 Å². The van der Waals surface area contributed by atoms with Crippen molar-refractivity contribution in [2.75, 3.05) is 6.79 Å². The number of carbonyl (C=O) groups is 1. The molecule has 4 aromatic rings. The molecule has 5 rings (SSSR count). The fourth-order valence-electron chi connectivity index (χ4n) is 3.86. The summed E-state index contributed by atoms with van der Waals surface area (Å²) < 4.78 is 21.7.